The predicted octanol–water partition coefficient (Wildman–Crippen LogP) is 7.66. The van der Waals surface area contributed by atoms with E-state index in [1.807, 2.05) is 81.4 Å². The molecular weight excluding hydrogens is 686 g/mol. The van der Waals surface area contributed by atoms with E-state index < -0.39 is 28.5 Å². The third-order valence-corrected chi connectivity index (χ3v) is 11.5. The summed E-state index contributed by atoms with van der Waals surface area (Å²) < 4.78 is 30.9. The van der Waals surface area contributed by atoms with Crippen LogP contribution < -0.4 is 9.62 Å². The van der Waals surface area contributed by atoms with Gasteiger partial charge in [0.15, 0.2) is 0 Å². The van der Waals surface area contributed by atoms with Crippen molar-refractivity contribution in [3.63, 3.8) is 0 Å². The summed E-state index contributed by atoms with van der Waals surface area (Å²) in [5.41, 5.74) is 4.76. The molecule has 0 saturated heterocycles. The van der Waals surface area contributed by atoms with Crippen molar-refractivity contribution in [1.82, 2.24) is 10.2 Å². The molecule has 1 unspecified atom stereocenters. The topological polar surface area (TPSA) is 86.8 Å². The molecule has 4 aromatic rings. The van der Waals surface area contributed by atoms with Gasteiger partial charge in [-0.05, 0) is 86.2 Å². The number of hydrogen-bond acceptors (Lipinski definition) is 4. The van der Waals surface area contributed by atoms with Crippen LogP contribution in [0.2, 0.25) is 0 Å². The number of nitrogens with zero attached hydrogens (tertiary/aromatic N) is 2. The number of nitrogens with one attached hydrogen (secondary N) is 1. The number of benzene rings is 4. The molecule has 0 radical (unpaired) electrons. The largest absolute Gasteiger partial charge is 0.352 e. The molecule has 1 aliphatic rings. The lowest BCUT2D eigenvalue weighted by atomic mass is 9.94. The van der Waals surface area contributed by atoms with E-state index in [1.54, 1.807) is 41.3 Å². The van der Waals surface area contributed by atoms with Crippen molar-refractivity contribution in [1.29, 1.82) is 0 Å². The first-order valence-electron chi connectivity index (χ1n) is 16.6. The molecule has 0 aromatic heterocycles. The summed E-state index contributed by atoms with van der Waals surface area (Å²) in [6, 6.07) is 28.6. The number of rotatable bonds is 12. The van der Waals surface area contributed by atoms with Crippen molar-refractivity contribution in [2.75, 3.05) is 10.8 Å². The monoisotopic (exact) mass is 729 g/mol. The molecule has 0 aliphatic heterocycles. The second kappa shape index (κ2) is 16.0. The van der Waals surface area contributed by atoms with Crippen LogP contribution in [0.3, 0.4) is 0 Å². The first kappa shape index (κ1) is 35.4. The van der Waals surface area contributed by atoms with Gasteiger partial charge in [-0.3, -0.25) is 13.9 Å². The Morgan fingerprint density at radius 2 is 1.48 bits per heavy atom. The van der Waals surface area contributed by atoms with Crippen molar-refractivity contribution in [2.24, 2.45) is 0 Å². The van der Waals surface area contributed by atoms with Gasteiger partial charge in [0, 0.05) is 23.5 Å². The third-order valence-electron chi connectivity index (χ3n) is 9.22. The minimum Gasteiger partial charge on any atom is -0.352 e. The molecule has 252 valence electrons. The molecule has 1 aliphatic carbocycles. The van der Waals surface area contributed by atoms with Gasteiger partial charge < -0.3 is 10.2 Å². The molecule has 5 rings (SSSR count). The average Bonchev–Trinajstić information content (AvgIpc) is 3.08. The van der Waals surface area contributed by atoms with E-state index >= 15 is 0 Å². The number of hydrogen-bond donors (Lipinski definition) is 1. The van der Waals surface area contributed by atoms with Crippen LogP contribution in [0, 0.1) is 20.8 Å². The molecule has 0 spiro atoms. The number of carbonyl (C=O) groups is 2. The second-order valence-corrected chi connectivity index (χ2v) is 15.5. The maximum atomic E-state index is 14.8. The minimum absolute atomic E-state index is 0.0440. The fourth-order valence-corrected chi connectivity index (χ4v) is 7.98. The van der Waals surface area contributed by atoms with Crippen LogP contribution in [0.25, 0.3) is 0 Å². The summed E-state index contributed by atoms with van der Waals surface area (Å²) in [7, 11) is -4.17. The van der Waals surface area contributed by atoms with Gasteiger partial charge in [-0.2, -0.15) is 0 Å². The highest BCUT2D eigenvalue weighted by molar-refractivity contribution is 9.10. The number of aryl methyl sites for hydroxylation is 2. The zero-order valence-electron chi connectivity index (χ0n) is 27.9. The van der Waals surface area contributed by atoms with Crippen molar-refractivity contribution in [2.45, 2.75) is 82.8 Å². The van der Waals surface area contributed by atoms with Crippen LogP contribution >= 0.6 is 15.9 Å². The Hall–Kier alpha value is -3.95. The van der Waals surface area contributed by atoms with Crippen LogP contribution in [0.5, 0.6) is 0 Å². The van der Waals surface area contributed by atoms with Crippen molar-refractivity contribution in [3.05, 3.63) is 129 Å². The van der Waals surface area contributed by atoms with Gasteiger partial charge in [-0.1, -0.05) is 107 Å². The molecule has 1 saturated carbocycles. The molecule has 9 heteroatoms. The molecule has 4 aromatic carbocycles. The molecule has 0 bridgehead atoms. The molecule has 1 atom stereocenters. The highest BCUT2D eigenvalue weighted by atomic mass is 79.9. The van der Waals surface area contributed by atoms with E-state index in [2.05, 4.69) is 21.2 Å². The van der Waals surface area contributed by atoms with Crippen molar-refractivity contribution >= 4 is 43.5 Å². The number of sulfonamides is 1. The van der Waals surface area contributed by atoms with E-state index in [0.29, 0.717) is 5.69 Å². The van der Waals surface area contributed by atoms with Crippen LogP contribution in [0.1, 0.15) is 59.9 Å². The van der Waals surface area contributed by atoms with Crippen LogP contribution in [0.15, 0.2) is 106 Å². The van der Waals surface area contributed by atoms with E-state index in [4.69, 9.17) is 0 Å². The Morgan fingerprint density at radius 1 is 0.812 bits per heavy atom. The molecule has 1 N–H and O–H groups in total. The van der Waals surface area contributed by atoms with Gasteiger partial charge in [-0.25, -0.2) is 8.42 Å². The highest BCUT2D eigenvalue weighted by Gasteiger charge is 2.36. The molecule has 1 fully saturated rings. The van der Waals surface area contributed by atoms with Gasteiger partial charge in [0.05, 0.1) is 10.6 Å². The van der Waals surface area contributed by atoms with Gasteiger partial charge in [0.1, 0.15) is 12.6 Å². The first-order chi connectivity index (χ1) is 23.0. The molecule has 48 heavy (non-hydrogen) atoms. The molecule has 0 heterocycles. The zero-order valence-corrected chi connectivity index (χ0v) is 30.3. The lowest BCUT2D eigenvalue weighted by molar-refractivity contribution is -0.140. The van der Waals surface area contributed by atoms with Gasteiger partial charge in [-0.15, -0.1) is 0 Å². The van der Waals surface area contributed by atoms with Gasteiger partial charge in [0.25, 0.3) is 10.0 Å². The van der Waals surface area contributed by atoms with Gasteiger partial charge >= 0.3 is 0 Å². The normalized spacial score (nSPS) is 14.2. The number of halogens is 1. The highest BCUT2D eigenvalue weighted by Crippen LogP contribution is 2.30. The Kier molecular flexibility index (Phi) is 11.8. The van der Waals surface area contributed by atoms with E-state index in [9.17, 15) is 18.0 Å². The lowest BCUT2D eigenvalue weighted by Crippen LogP contribution is -2.55. The summed E-state index contributed by atoms with van der Waals surface area (Å²) in [5.74, 6) is -0.690. The zero-order chi connectivity index (χ0) is 34.3. The summed E-state index contributed by atoms with van der Waals surface area (Å²) >= 11 is 3.49. The Bertz CT molecular complexity index is 1810. The van der Waals surface area contributed by atoms with Crippen LogP contribution in [0.4, 0.5) is 5.69 Å². The predicted molar refractivity (Wildman–Crippen MR) is 195 cm³/mol. The first-order valence-corrected chi connectivity index (χ1v) is 18.8. The van der Waals surface area contributed by atoms with Crippen molar-refractivity contribution in [3.8, 4) is 0 Å². The molecule has 7 nitrogen and oxygen atoms in total. The number of amides is 2. The summed E-state index contributed by atoms with van der Waals surface area (Å²) in [5, 5.41) is 3.26. The maximum Gasteiger partial charge on any atom is 0.264 e. The summed E-state index contributed by atoms with van der Waals surface area (Å²) in [6.45, 7) is 5.34. The number of anilines is 1. The van der Waals surface area contributed by atoms with E-state index in [0.717, 1.165) is 64.4 Å². The Balaban J connectivity index is 1.58. The summed E-state index contributed by atoms with van der Waals surface area (Å²) in [6.07, 6.45) is 5.35. The van der Waals surface area contributed by atoms with E-state index in [-0.39, 0.29) is 29.8 Å². The maximum absolute atomic E-state index is 14.8. The lowest BCUT2D eigenvalue weighted by Gasteiger charge is -2.35. The molecular formula is C39H44BrN3O4S. The second-order valence-electron chi connectivity index (χ2n) is 12.7. The molecule has 2 amide bonds. The number of carbonyl (C=O) groups excluding carboxylic acids is 2. The van der Waals surface area contributed by atoms with Crippen LogP contribution in [-0.2, 0) is 32.6 Å². The fraction of sp³-hybridized carbons (Fsp3) is 0.333. The third kappa shape index (κ3) is 8.74. The fourth-order valence-electron chi connectivity index (χ4n) is 6.24. The quantitative estimate of drug-likeness (QED) is 0.162. The Labute approximate surface area is 293 Å². The standard InChI is InChI=1S/C39H44BrN3O4S/c1-28-17-23-35(24-18-28)48(46,47)43(36-16-10-11-29(2)30(36)3)27-38(44)42(26-32-19-21-33(40)22-20-32)37(25-31-12-6-4-7-13-31)39(45)41-34-14-8-5-9-15-34/h4,6-7,10-13,16-24,34,37H,5,8-9,14-15,25-27H2,1-3H3,(H,41,45). The average molecular weight is 731 g/mol. The summed E-state index contributed by atoms with van der Waals surface area (Å²) in [4.78, 5) is 30.7. The smallest absolute Gasteiger partial charge is 0.264 e. The van der Waals surface area contributed by atoms with E-state index in [1.165, 1.54) is 4.31 Å². The van der Waals surface area contributed by atoms with Gasteiger partial charge in [0.2, 0.25) is 11.8 Å². The Morgan fingerprint density at radius 3 is 2.15 bits per heavy atom. The minimum atomic E-state index is -4.17. The SMILES string of the molecule is Cc1ccc(S(=O)(=O)N(CC(=O)N(Cc2ccc(Br)cc2)C(Cc2ccccc2)C(=O)NC2CCCCC2)c2cccc(C)c2C)cc1. The van der Waals surface area contributed by atoms with Crippen molar-refractivity contribution < 1.29 is 18.0 Å². The van der Waals surface area contributed by atoms with Crippen LogP contribution in [-0.4, -0.2) is 43.8 Å².